The Balaban J connectivity index is 1.21. The number of ether oxygens (including phenoxy) is 2. The van der Waals surface area contributed by atoms with E-state index in [4.69, 9.17) is 9.47 Å². The van der Waals surface area contributed by atoms with Crippen LogP contribution < -0.4 is 9.47 Å². The van der Waals surface area contributed by atoms with Gasteiger partial charge in [0, 0.05) is 31.4 Å². The minimum absolute atomic E-state index is 0.00981. The van der Waals surface area contributed by atoms with Gasteiger partial charge in [-0.3, -0.25) is 4.79 Å². The predicted molar refractivity (Wildman–Crippen MR) is 102 cm³/mol. The van der Waals surface area contributed by atoms with E-state index in [1.54, 1.807) is 6.20 Å². The molecule has 1 amide bonds. The molecule has 2 aromatic heterocycles. The van der Waals surface area contributed by atoms with Crippen molar-refractivity contribution in [2.75, 3.05) is 26.3 Å². The summed E-state index contributed by atoms with van der Waals surface area (Å²) in [5.74, 6) is 1.74. The number of hydrogen-bond donors (Lipinski definition) is 0. The van der Waals surface area contributed by atoms with Crippen LogP contribution in [-0.2, 0) is 4.79 Å². The summed E-state index contributed by atoms with van der Waals surface area (Å²) >= 11 is 1.17. The molecule has 1 aromatic carbocycles. The van der Waals surface area contributed by atoms with E-state index in [-0.39, 0.29) is 12.5 Å². The second-order valence-corrected chi connectivity index (χ2v) is 7.04. The van der Waals surface area contributed by atoms with Crippen molar-refractivity contribution >= 4 is 28.7 Å². The molecule has 0 unspecified atom stereocenters. The lowest BCUT2D eigenvalue weighted by Crippen LogP contribution is -2.42. The third kappa shape index (κ3) is 4.51. The summed E-state index contributed by atoms with van der Waals surface area (Å²) in [6.45, 7) is 2.14. The van der Waals surface area contributed by atoms with Gasteiger partial charge in [0.25, 0.3) is 5.91 Å². The molecule has 0 spiro atoms. The van der Waals surface area contributed by atoms with Gasteiger partial charge in [0.15, 0.2) is 6.61 Å². The van der Waals surface area contributed by atoms with E-state index in [1.165, 1.54) is 11.7 Å². The van der Waals surface area contributed by atoms with Gasteiger partial charge in [0.2, 0.25) is 5.88 Å². The first kappa shape index (κ1) is 17.7. The molecule has 3 heterocycles. The van der Waals surface area contributed by atoms with Crippen molar-refractivity contribution in [1.82, 2.24) is 18.6 Å². The number of likely N-dealkylation sites (tertiary alicyclic amines) is 1. The number of aromatic nitrogens is 3. The SMILES string of the molecule is O=C(COc1ccc2nsnc2c1)N1CCC(COc2ccccn2)CC1. The molecule has 0 radical (unpaired) electrons. The Bertz CT molecular complexity index is 894. The fourth-order valence-electron chi connectivity index (χ4n) is 3.07. The molecule has 0 atom stereocenters. The van der Waals surface area contributed by atoms with Crippen LogP contribution >= 0.6 is 11.7 Å². The average Bonchev–Trinajstić information content (AvgIpc) is 3.19. The van der Waals surface area contributed by atoms with Gasteiger partial charge in [-0.25, -0.2) is 4.98 Å². The minimum Gasteiger partial charge on any atom is -0.484 e. The largest absolute Gasteiger partial charge is 0.484 e. The van der Waals surface area contributed by atoms with E-state index in [9.17, 15) is 4.79 Å². The van der Waals surface area contributed by atoms with Gasteiger partial charge in [-0.2, -0.15) is 8.75 Å². The quantitative estimate of drug-likeness (QED) is 0.650. The molecule has 0 saturated carbocycles. The van der Waals surface area contributed by atoms with Crippen LogP contribution in [0.5, 0.6) is 11.6 Å². The Hall–Kier alpha value is -2.74. The van der Waals surface area contributed by atoms with Crippen LogP contribution in [0.4, 0.5) is 0 Å². The van der Waals surface area contributed by atoms with Crippen molar-refractivity contribution in [2.45, 2.75) is 12.8 Å². The van der Waals surface area contributed by atoms with Crippen LogP contribution in [0, 0.1) is 5.92 Å². The molecule has 140 valence electrons. The summed E-state index contributed by atoms with van der Waals surface area (Å²) in [4.78, 5) is 18.4. The Kier molecular flexibility index (Phi) is 5.43. The van der Waals surface area contributed by atoms with Gasteiger partial charge in [-0.05, 0) is 37.0 Å². The zero-order valence-electron chi connectivity index (χ0n) is 14.8. The molecular formula is C19H20N4O3S. The highest BCUT2D eigenvalue weighted by atomic mass is 32.1. The van der Waals surface area contributed by atoms with Gasteiger partial charge in [-0.15, -0.1) is 0 Å². The number of benzene rings is 1. The van der Waals surface area contributed by atoms with Crippen molar-refractivity contribution < 1.29 is 14.3 Å². The topological polar surface area (TPSA) is 77.4 Å². The molecule has 27 heavy (non-hydrogen) atoms. The Morgan fingerprint density at radius 1 is 1.11 bits per heavy atom. The van der Waals surface area contributed by atoms with Crippen molar-refractivity contribution in [3.05, 3.63) is 42.6 Å². The number of amides is 1. The molecule has 0 bridgehead atoms. The first-order valence-corrected chi connectivity index (χ1v) is 9.68. The van der Waals surface area contributed by atoms with Crippen molar-refractivity contribution in [2.24, 2.45) is 5.92 Å². The molecule has 1 aliphatic rings. The van der Waals surface area contributed by atoms with Crippen LogP contribution in [0.15, 0.2) is 42.6 Å². The van der Waals surface area contributed by atoms with E-state index in [1.807, 2.05) is 41.3 Å². The van der Waals surface area contributed by atoms with E-state index in [0.29, 0.717) is 24.2 Å². The molecule has 1 aliphatic heterocycles. The summed E-state index contributed by atoms with van der Waals surface area (Å²) in [6, 6.07) is 11.1. The van der Waals surface area contributed by atoms with Gasteiger partial charge in [-0.1, -0.05) is 6.07 Å². The average molecular weight is 384 g/mol. The molecular weight excluding hydrogens is 364 g/mol. The maximum atomic E-state index is 12.4. The van der Waals surface area contributed by atoms with Crippen molar-refractivity contribution in [3.8, 4) is 11.6 Å². The third-order valence-electron chi connectivity index (χ3n) is 4.66. The second kappa shape index (κ2) is 8.30. The molecule has 7 nitrogen and oxygen atoms in total. The molecule has 1 saturated heterocycles. The van der Waals surface area contributed by atoms with E-state index in [0.717, 1.165) is 37.0 Å². The highest BCUT2D eigenvalue weighted by molar-refractivity contribution is 7.00. The maximum Gasteiger partial charge on any atom is 0.260 e. The Labute approximate surface area is 161 Å². The standard InChI is InChI=1S/C19H20N4O3S/c24-19(13-25-15-4-5-16-17(11-15)22-27-21-16)23-9-6-14(7-10-23)12-26-18-3-1-2-8-20-18/h1-5,8,11,14H,6-7,9-10,12-13H2. The number of hydrogen-bond acceptors (Lipinski definition) is 7. The molecule has 0 N–H and O–H groups in total. The van der Waals surface area contributed by atoms with Gasteiger partial charge in [0.1, 0.15) is 16.8 Å². The van der Waals surface area contributed by atoms with Crippen LogP contribution in [0.3, 0.4) is 0 Å². The molecule has 8 heteroatoms. The fourth-order valence-corrected chi connectivity index (χ4v) is 3.59. The van der Waals surface area contributed by atoms with Crippen LogP contribution in [0.1, 0.15) is 12.8 Å². The van der Waals surface area contributed by atoms with E-state index < -0.39 is 0 Å². The lowest BCUT2D eigenvalue weighted by atomic mass is 9.98. The number of nitrogens with zero attached hydrogens (tertiary/aromatic N) is 4. The predicted octanol–water partition coefficient (Wildman–Crippen LogP) is 2.78. The second-order valence-electron chi connectivity index (χ2n) is 6.51. The van der Waals surface area contributed by atoms with Crippen LogP contribution in [0.2, 0.25) is 0 Å². The van der Waals surface area contributed by atoms with Crippen LogP contribution in [0.25, 0.3) is 11.0 Å². The lowest BCUT2D eigenvalue weighted by molar-refractivity contribution is -0.134. The smallest absolute Gasteiger partial charge is 0.260 e. The Morgan fingerprint density at radius 3 is 2.78 bits per heavy atom. The van der Waals surface area contributed by atoms with Gasteiger partial charge >= 0.3 is 0 Å². The Morgan fingerprint density at radius 2 is 1.96 bits per heavy atom. The summed E-state index contributed by atoms with van der Waals surface area (Å²) in [6.07, 6.45) is 3.57. The number of pyridine rings is 1. The summed E-state index contributed by atoms with van der Waals surface area (Å²) in [7, 11) is 0. The lowest BCUT2D eigenvalue weighted by Gasteiger charge is -2.31. The monoisotopic (exact) mass is 384 g/mol. The summed E-state index contributed by atoms with van der Waals surface area (Å²) < 4.78 is 19.7. The number of piperidine rings is 1. The van der Waals surface area contributed by atoms with Gasteiger partial charge in [0.05, 0.1) is 18.3 Å². The van der Waals surface area contributed by atoms with E-state index >= 15 is 0 Å². The number of fused-ring (bicyclic) bond motifs is 1. The number of carbonyl (C=O) groups is 1. The molecule has 0 aliphatic carbocycles. The molecule has 3 aromatic rings. The highest BCUT2D eigenvalue weighted by Gasteiger charge is 2.23. The fraction of sp³-hybridized carbons (Fsp3) is 0.368. The van der Waals surface area contributed by atoms with E-state index in [2.05, 4.69) is 13.7 Å². The normalized spacial score (nSPS) is 15.0. The third-order valence-corrected chi connectivity index (χ3v) is 5.22. The first-order valence-electron chi connectivity index (χ1n) is 8.94. The van der Waals surface area contributed by atoms with Crippen molar-refractivity contribution in [1.29, 1.82) is 0 Å². The van der Waals surface area contributed by atoms with Gasteiger partial charge < -0.3 is 14.4 Å². The highest BCUT2D eigenvalue weighted by Crippen LogP contribution is 2.21. The van der Waals surface area contributed by atoms with Crippen LogP contribution in [-0.4, -0.2) is 50.8 Å². The first-order chi connectivity index (χ1) is 13.3. The minimum atomic E-state index is 0.00981. The number of rotatable bonds is 6. The summed E-state index contributed by atoms with van der Waals surface area (Å²) in [5.41, 5.74) is 1.63. The summed E-state index contributed by atoms with van der Waals surface area (Å²) in [5, 5.41) is 0. The molecule has 1 fully saturated rings. The maximum absolute atomic E-state index is 12.4. The number of carbonyl (C=O) groups excluding carboxylic acids is 1. The molecule has 4 rings (SSSR count). The zero-order chi connectivity index (χ0) is 18.5. The zero-order valence-corrected chi connectivity index (χ0v) is 15.6. The van der Waals surface area contributed by atoms with Crippen molar-refractivity contribution in [3.63, 3.8) is 0 Å².